The van der Waals surface area contributed by atoms with Crippen molar-refractivity contribution >= 4 is 17.5 Å². The number of nitrogens with one attached hydrogen (secondary N) is 2. The highest BCUT2D eigenvalue weighted by molar-refractivity contribution is 5.96. The maximum atomic E-state index is 12.3. The van der Waals surface area contributed by atoms with Crippen LogP contribution in [0.5, 0.6) is 5.75 Å². The molecule has 7 heteroatoms. The van der Waals surface area contributed by atoms with Crippen molar-refractivity contribution < 1.29 is 19.8 Å². The molecule has 1 atom stereocenters. The standard InChI is InChI=1S/C20H25N3O4/c1-12(24)13-5-6-17(25)14(9-13)10-18(26)22-15-7-8-21-16(11-15)19(27)23-20(2,3)4/h5-9,11-12,24-25H,10H2,1-4H3,(H,23,27)(H,21,22,26). The number of aliphatic hydroxyl groups excluding tert-OH is 1. The molecule has 0 saturated heterocycles. The molecule has 2 aromatic rings. The fourth-order valence-electron chi connectivity index (χ4n) is 2.42. The van der Waals surface area contributed by atoms with Gasteiger partial charge in [0.2, 0.25) is 5.91 Å². The van der Waals surface area contributed by atoms with Gasteiger partial charge in [-0.05, 0) is 57.5 Å². The van der Waals surface area contributed by atoms with Gasteiger partial charge >= 0.3 is 0 Å². The summed E-state index contributed by atoms with van der Waals surface area (Å²) in [6.45, 7) is 7.20. The Morgan fingerprint density at radius 2 is 1.89 bits per heavy atom. The van der Waals surface area contributed by atoms with Gasteiger partial charge in [0.05, 0.1) is 12.5 Å². The number of anilines is 1. The minimum atomic E-state index is -0.698. The number of phenols is 1. The molecule has 0 aliphatic carbocycles. The summed E-state index contributed by atoms with van der Waals surface area (Å²) in [5.74, 6) is -0.711. The molecule has 2 rings (SSSR count). The average Bonchev–Trinajstić information content (AvgIpc) is 2.55. The number of aromatic hydroxyl groups is 1. The molecule has 0 radical (unpaired) electrons. The smallest absolute Gasteiger partial charge is 0.270 e. The third kappa shape index (κ3) is 6.07. The van der Waals surface area contributed by atoms with Gasteiger partial charge < -0.3 is 20.8 Å². The minimum Gasteiger partial charge on any atom is -0.508 e. The predicted octanol–water partition coefficient (Wildman–Crippen LogP) is 2.55. The Morgan fingerprint density at radius 3 is 2.52 bits per heavy atom. The second kappa shape index (κ2) is 8.18. The van der Waals surface area contributed by atoms with Crippen LogP contribution < -0.4 is 10.6 Å². The second-order valence-electron chi connectivity index (χ2n) is 7.42. The average molecular weight is 371 g/mol. The Bertz CT molecular complexity index is 841. The first-order valence-electron chi connectivity index (χ1n) is 8.63. The van der Waals surface area contributed by atoms with Gasteiger partial charge in [-0.2, -0.15) is 0 Å². The number of aromatic nitrogens is 1. The van der Waals surface area contributed by atoms with Gasteiger partial charge in [0.15, 0.2) is 0 Å². The summed E-state index contributed by atoms with van der Waals surface area (Å²) in [5, 5.41) is 25.1. The third-order valence-corrected chi connectivity index (χ3v) is 3.70. The van der Waals surface area contributed by atoms with E-state index >= 15 is 0 Å². The van der Waals surface area contributed by atoms with E-state index in [1.165, 1.54) is 18.3 Å². The molecule has 0 fully saturated rings. The number of aliphatic hydroxyl groups is 1. The predicted molar refractivity (Wildman–Crippen MR) is 103 cm³/mol. The lowest BCUT2D eigenvalue weighted by atomic mass is 10.0. The molecule has 0 aliphatic heterocycles. The second-order valence-corrected chi connectivity index (χ2v) is 7.42. The summed E-state index contributed by atoms with van der Waals surface area (Å²) in [5.41, 5.74) is 1.25. The number of rotatable bonds is 5. The molecule has 27 heavy (non-hydrogen) atoms. The van der Waals surface area contributed by atoms with Crippen molar-refractivity contribution in [2.75, 3.05) is 5.32 Å². The van der Waals surface area contributed by atoms with E-state index in [0.29, 0.717) is 16.8 Å². The zero-order valence-electron chi connectivity index (χ0n) is 15.9. The highest BCUT2D eigenvalue weighted by atomic mass is 16.3. The summed E-state index contributed by atoms with van der Waals surface area (Å²) < 4.78 is 0. The Kier molecular flexibility index (Phi) is 6.17. The van der Waals surface area contributed by atoms with E-state index in [-0.39, 0.29) is 29.7 Å². The van der Waals surface area contributed by atoms with Crippen molar-refractivity contribution in [2.24, 2.45) is 0 Å². The van der Waals surface area contributed by atoms with Crippen LogP contribution in [0.25, 0.3) is 0 Å². The summed E-state index contributed by atoms with van der Waals surface area (Å²) in [7, 11) is 0. The maximum absolute atomic E-state index is 12.3. The highest BCUT2D eigenvalue weighted by Crippen LogP contribution is 2.23. The first-order chi connectivity index (χ1) is 12.5. The molecule has 7 nitrogen and oxygen atoms in total. The quantitative estimate of drug-likeness (QED) is 0.645. The lowest BCUT2D eigenvalue weighted by Gasteiger charge is -2.20. The van der Waals surface area contributed by atoms with Crippen molar-refractivity contribution in [3.8, 4) is 5.75 Å². The van der Waals surface area contributed by atoms with Gasteiger partial charge in [-0.25, -0.2) is 0 Å². The molecule has 1 heterocycles. The normalized spacial score (nSPS) is 12.3. The Balaban J connectivity index is 2.09. The number of carbonyl (C=O) groups is 2. The lowest BCUT2D eigenvalue weighted by molar-refractivity contribution is -0.115. The van der Waals surface area contributed by atoms with Gasteiger partial charge in [-0.3, -0.25) is 14.6 Å². The molecular weight excluding hydrogens is 346 g/mol. The molecule has 1 aromatic carbocycles. The van der Waals surface area contributed by atoms with E-state index in [9.17, 15) is 19.8 Å². The monoisotopic (exact) mass is 371 g/mol. The van der Waals surface area contributed by atoms with Gasteiger partial charge in [0.25, 0.3) is 5.91 Å². The van der Waals surface area contributed by atoms with E-state index in [1.54, 1.807) is 25.1 Å². The first-order valence-corrected chi connectivity index (χ1v) is 8.63. The Labute approximate surface area is 158 Å². The number of hydrogen-bond acceptors (Lipinski definition) is 5. The van der Waals surface area contributed by atoms with Gasteiger partial charge in [0.1, 0.15) is 11.4 Å². The topological polar surface area (TPSA) is 112 Å². The zero-order valence-corrected chi connectivity index (χ0v) is 15.9. The molecule has 0 spiro atoms. The number of pyridine rings is 1. The van der Waals surface area contributed by atoms with Crippen LogP contribution in [0.1, 0.15) is 55.4 Å². The molecule has 0 aliphatic rings. The van der Waals surface area contributed by atoms with Crippen molar-refractivity contribution in [1.29, 1.82) is 0 Å². The van der Waals surface area contributed by atoms with Gasteiger partial charge in [-0.1, -0.05) is 6.07 Å². The zero-order chi connectivity index (χ0) is 20.2. The Hall–Kier alpha value is -2.93. The number of benzene rings is 1. The van der Waals surface area contributed by atoms with Crippen molar-refractivity contribution in [3.05, 3.63) is 53.3 Å². The number of phenolic OH excluding ortho intramolecular Hbond substituents is 1. The number of amides is 2. The van der Waals surface area contributed by atoms with Crippen molar-refractivity contribution in [3.63, 3.8) is 0 Å². The van der Waals surface area contributed by atoms with Crippen LogP contribution >= 0.6 is 0 Å². The molecule has 144 valence electrons. The summed E-state index contributed by atoms with van der Waals surface area (Å²) in [4.78, 5) is 28.5. The fourth-order valence-corrected chi connectivity index (χ4v) is 2.42. The summed E-state index contributed by atoms with van der Waals surface area (Å²) in [6.07, 6.45) is 0.674. The van der Waals surface area contributed by atoms with E-state index in [1.807, 2.05) is 20.8 Å². The van der Waals surface area contributed by atoms with Crippen molar-refractivity contribution in [1.82, 2.24) is 10.3 Å². The van der Waals surface area contributed by atoms with Crippen LogP contribution in [0.3, 0.4) is 0 Å². The molecule has 4 N–H and O–H groups in total. The summed E-state index contributed by atoms with van der Waals surface area (Å²) in [6, 6.07) is 7.72. The summed E-state index contributed by atoms with van der Waals surface area (Å²) >= 11 is 0. The number of nitrogens with zero attached hydrogens (tertiary/aromatic N) is 1. The maximum Gasteiger partial charge on any atom is 0.270 e. The fraction of sp³-hybridized carbons (Fsp3) is 0.350. The first kappa shape index (κ1) is 20.4. The molecule has 2 amide bonds. The van der Waals surface area contributed by atoms with Gasteiger partial charge in [-0.15, -0.1) is 0 Å². The number of hydrogen-bond donors (Lipinski definition) is 4. The number of carbonyl (C=O) groups excluding carboxylic acids is 2. The Morgan fingerprint density at radius 1 is 1.19 bits per heavy atom. The van der Waals surface area contributed by atoms with E-state index in [2.05, 4.69) is 15.6 Å². The third-order valence-electron chi connectivity index (χ3n) is 3.70. The highest BCUT2D eigenvalue weighted by Gasteiger charge is 2.17. The van der Waals surface area contributed by atoms with Crippen LogP contribution in [-0.4, -0.2) is 32.6 Å². The van der Waals surface area contributed by atoms with E-state index in [0.717, 1.165) is 0 Å². The van der Waals surface area contributed by atoms with E-state index < -0.39 is 11.6 Å². The lowest BCUT2D eigenvalue weighted by Crippen LogP contribution is -2.40. The molecule has 0 saturated carbocycles. The van der Waals surface area contributed by atoms with Crippen LogP contribution in [0.15, 0.2) is 36.5 Å². The molecular formula is C20H25N3O4. The van der Waals surface area contributed by atoms with Crippen LogP contribution in [-0.2, 0) is 11.2 Å². The molecule has 0 bridgehead atoms. The van der Waals surface area contributed by atoms with Crippen molar-refractivity contribution in [2.45, 2.75) is 45.8 Å². The largest absolute Gasteiger partial charge is 0.508 e. The van der Waals surface area contributed by atoms with Crippen LogP contribution in [0.2, 0.25) is 0 Å². The SMILES string of the molecule is CC(O)c1ccc(O)c(CC(=O)Nc2ccnc(C(=O)NC(C)(C)C)c2)c1. The molecule has 1 aromatic heterocycles. The van der Waals surface area contributed by atoms with Gasteiger partial charge in [0, 0.05) is 23.0 Å². The van der Waals surface area contributed by atoms with Crippen LogP contribution in [0, 0.1) is 0 Å². The molecule has 1 unspecified atom stereocenters. The van der Waals surface area contributed by atoms with Crippen LogP contribution in [0.4, 0.5) is 5.69 Å². The van der Waals surface area contributed by atoms with E-state index in [4.69, 9.17) is 0 Å². The minimum absolute atomic E-state index is 0.0190.